The molecule has 0 unspecified atom stereocenters. The number of anilines is 1. The van der Waals surface area contributed by atoms with Gasteiger partial charge in [-0.1, -0.05) is 0 Å². The van der Waals surface area contributed by atoms with E-state index in [0.29, 0.717) is 12.0 Å². The van der Waals surface area contributed by atoms with Crippen LogP contribution in [0.15, 0.2) is 41.3 Å². The number of benzene rings is 1. The fourth-order valence-electron chi connectivity index (χ4n) is 4.97. The zero-order valence-electron chi connectivity index (χ0n) is 21.5. The SMILES string of the molecule is N#Cc1cc(F)c(-c2cc(NC(=O)c3cc(C=O)cn(C4CC4)c3=O)nc(C3CC3)c2)c(C(=O)N2CC(F)(F)C2)c1. The average Bonchev–Trinajstić information content (AvgIpc) is 3.84. The van der Waals surface area contributed by atoms with Crippen LogP contribution in [-0.4, -0.2) is 51.6 Å². The van der Waals surface area contributed by atoms with Crippen LogP contribution in [0.3, 0.4) is 0 Å². The number of hydrogen-bond acceptors (Lipinski definition) is 6. The summed E-state index contributed by atoms with van der Waals surface area (Å²) in [6.07, 6.45) is 5.05. The summed E-state index contributed by atoms with van der Waals surface area (Å²) in [6.45, 7) is -1.65. The van der Waals surface area contributed by atoms with Gasteiger partial charge in [0.2, 0.25) is 0 Å². The Labute approximate surface area is 231 Å². The molecule has 41 heavy (non-hydrogen) atoms. The fraction of sp³-hybridized carbons (Fsp3) is 0.310. The first-order valence-corrected chi connectivity index (χ1v) is 13.0. The van der Waals surface area contributed by atoms with Crippen molar-refractivity contribution in [2.45, 2.75) is 43.6 Å². The van der Waals surface area contributed by atoms with E-state index >= 15 is 4.39 Å². The number of alkyl halides is 2. The molecule has 3 aliphatic rings. The maximum absolute atomic E-state index is 15.5. The number of nitrogens with zero attached hydrogens (tertiary/aromatic N) is 4. The molecule has 2 aromatic heterocycles. The molecule has 1 aliphatic heterocycles. The molecule has 208 valence electrons. The highest BCUT2D eigenvalue weighted by atomic mass is 19.3. The zero-order valence-corrected chi connectivity index (χ0v) is 21.5. The minimum Gasteiger partial charge on any atom is -0.326 e. The quantitative estimate of drug-likeness (QED) is 0.429. The minimum absolute atomic E-state index is 0.0192. The summed E-state index contributed by atoms with van der Waals surface area (Å²) >= 11 is 0. The summed E-state index contributed by atoms with van der Waals surface area (Å²) < 4.78 is 43.9. The van der Waals surface area contributed by atoms with Crippen LogP contribution < -0.4 is 10.9 Å². The highest BCUT2D eigenvalue weighted by molar-refractivity contribution is 6.05. The van der Waals surface area contributed by atoms with Crippen LogP contribution in [-0.2, 0) is 0 Å². The van der Waals surface area contributed by atoms with Crippen molar-refractivity contribution in [3.8, 4) is 17.2 Å². The van der Waals surface area contributed by atoms with Crippen molar-refractivity contribution in [3.05, 3.63) is 80.6 Å². The van der Waals surface area contributed by atoms with Crippen molar-refractivity contribution in [3.63, 3.8) is 0 Å². The van der Waals surface area contributed by atoms with Crippen LogP contribution in [0, 0.1) is 17.1 Å². The number of halogens is 3. The van der Waals surface area contributed by atoms with Gasteiger partial charge in [-0.15, -0.1) is 0 Å². The molecule has 0 atom stereocenters. The largest absolute Gasteiger partial charge is 0.326 e. The topological polar surface area (TPSA) is 125 Å². The van der Waals surface area contributed by atoms with Crippen LogP contribution in [0.1, 0.15) is 80.0 Å². The Morgan fingerprint density at radius 2 is 1.80 bits per heavy atom. The van der Waals surface area contributed by atoms with E-state index in [9.17, 15) is 33.2 Å². The Morgan fingerprint density at radius 1 is 1.07 bits per heavy atom. The number of carbonyl (C=O) groups is 3. The van der Waals surface area contributed by atoms with Gasteiger partial charge < -0.3 is 14.8 Å². The number of likely N-dealkylation sites (tertiary alicyclic amines) is 1. The molecular formula is C29H22F3N5O4. The van der Waals surface area contributed by atoms with Gasteiger partial charge in [0.25, 0.3) is 23.3 Å². The molecule has 2 amide bonds. The molecule has 1 N–H and O–H groups in total. The number of aldehydes is 1. The Kier molecular flexibility index (Phi) is 6.25. The molecule has 6 rings (SSSR count). The number of carbonyl (C=O) groups excluding carboxylic acids is 3. The lowest BCUT2D eigenvalue weighted by molar-refractivity contribution is -0.113. The molecular weight excluding hydrogens is 539 g/mol. The zero-order chi connectivity index (χ0) is 29.1. The summed E-state index contributed by atoms with van der Waals surface area (Å²) in [5.41, 5.74) is -0.668. The molecule has 3 fully saturated rings. The summed E-state index contributed by atoms with van der Waals surface area (Å²) in [4.78, 5) is 56.2. The molecule has 3 aromatic rings. The van der Waals surface area contributed by atoms with E-state index in [2.05, 4.69) is 10.3 Å². The van der Waals surface area contributed by atoms with Gasteiger partial charge >= 0.3 is 0 Å². The maximum Gasteiger partial charge on any atom is 0.282 e. The van der Waals surface area contributed by atoms with Crippen molar-refractivity contribution in [2.24, 2.45) is 0 Å². The standard InChI is InChI=1S/C29H22F3N5O4/c30-22-7-15(10-33)5-20(27(40)36-13-29(31,32)14-36)25(22)18-8-23(17-1-2-17)34-24(9-18)35-26(39)21-6-16(12-38)11-37(28(21)41)19-3-4-19/h5-9,11-12,17,19H,1-4,13-14H2,(H,34,35,39). The predicted octanol–water partition coefficient (Wildman–Crippen LogP) is 4.29. The molecule has 3 heterocycles. The van der Waals surface area contributed by atoms with Crippen molar-refractivity contribution in [2.75, 3.05) is 18.4 Å². The predicted molar refractivity (Wildman–Crippen MR) is 139 cm³/mol. The Morgan fingerprint density at radius 3 is 2.41 bits per heavy atom. The van der Waals surface area contributed by atoms with Crippen LogP contribution >= 0.6 is 0 Å². The van der Waals surface area contributed by atoms with Gasteiger partial charge in [0.15, 0.2) is 6.29 Å². The van der Waals surface area contributed by atoms with E-state index in [1.54, 1.807) is 12.1 Å². The lowest BCUT2D eigenvalue weighted by Gasteiger charge is -2.39. The monoisotopic (exact) mass is 561 g/mol. The first-order valence-electron chi connectivity index (χ1n) is 13.0. The summed E-state index contributed by atoms with van der Waals surface area (Å²) in [5, 5.41) is 11.9. The summed E-state index contributed by atoms with van der Waals surface area (Å²) in [6, 6.07) is 7.85. The molecule has 0 bridgehead atoms. The van der Waals surface area contributed by atoms with E-state index in [-0.39, 0.29) is 51.2 Å². The van der Waals surface area contributed by atoms with Crippen LogP contribution in [0.2, 0.25) is 0 Å². The normalized spacial score (nSPS) is 17.4. The van der Waals surface area contributed by atoms with Crippen LogP contribution in [0.25, 0.3) is 11.1 Å². The Bertz CT molecular complexity index is 1730. The minimum atomic E-state index is -3.05. The summed E-state index contributed by atoms with van der Waals surface area (Å²) in [5.74, 6) is -5.65. The van der Waals surface area contributed by atoms with Gasteiger partial charge in [-0.05, 0) is 61.6 Å². The van der Waals surface area contributed by atoms with Gasteiger partial charge in [0.1, 0.15) is 17.2 Å². The summed E-state index contributed by atoms with van der Waals surface area (Å²) in [7, 11) is 0. The molecule has 12 heteroatoms. The lowest BCUT2D eigenvalue weighted by atomic mass is 9.94. The molecule has 0 spiro atoms. The number of hydrogen-bond donors (Lipinski definition) is 1. The Hall–Kier alpha value is -4.79. The molecule has 0 radical (unpaired) electrons. The first-order chi connectivity index (χ1) is 19.6. The number of nitriles is 1. The number of rotatable bonds is 7. The number of aromatic nitrogens is 2. The molecule has 9 nitrogen and oxygen atoms in total. The lowest BCUT2D eigenvalue weighted by Crippen LogP contribution is -2.58. The van der Waals surface area contributed by atoms with E-state index in [1.165, 1.54) is 22.9 Å². The molecule has 2 saturated carbocycles. The van der Waals surface area contributed by atoms with E-state index in [1.807, 2.05) is 0 Å². The number of amides is 2. The maximum atomic E-state index is 15.5. The van der Waals surface area contributed by atoms with Crippen molar-refractivity contribution < 1.29 is 27.6 Å². The highest BCUT2D eigenvalue weighted by Gasteiger charge is 2.47. The van der Waals surface area contributed by atoms with E-state index in [4.69, 9.17) is 0 Å². The molecule has 1 saturated heterocycles. The molecule has 1 aromatic carbocycles. The number of nitrogens with one attached hydrogen (secondary N) is 1. The second kappa shape index (κ2) is 9.69. The van der Waals surface area contributed by atoms with Gasteiger partial charge in [0.05, 0.1) is 30.3 Å². The third kappa shape index (κ3) is 5.11. The third-order valence-corrected chi connectivity index (χ3v) is 7.34. The molecule has 2 aliphatic carbocycles. The van der Waals surface area contributed by atoms with Gasteiger partial charge in [-0.2, -0.15) is 5.26 Å². The second-order valence-electron chi connectivity index (χ2n) is 10.7. The second-order valence-corrected chi connectivity index (χ2v) is 10.7. The smallest absolute Gasteiger partial charge is 0.282 e. The van der Waals surface area contributed by atoms with Crippen LogP contribution in [0.5, 0.6) is 0 Å². The Balaban J connectivity index is 1.41. The fourth-order valence-corrected chi connectivity index (χ4v) is 4.97. The van der Waals surface area contributed by atoms with E-state index in [0.717, 1.165) is 42.7 Å². The van der Waals surface area contributed by atoms with E-state index < -0.39 is 42.2 Å². The first kappa shape index (κ1) is 26.4. The van der Waals surface area contributed by atoms with Gasteiger partial charge in [-0.3, -0.25) is 19.2 Å². The third-order valence-electron chi connectivity index (χ3n) is 7.34. The highest BCUT2D eigenvalue weighted by Crippen LogP contribution is 2.42. The van der Waals surface area contributed by atoms with Crippen molar-refractivity contribution in [1.82, 2.24) is 14.5 Å². The van der Waals surface area contributed by atoms with Crippen LogP contribution in [0.4, 0.5) is 19.0 Å². The average molecular weight is 562 g/mol. The van der Waals surface area contributed by atoms with Gasteiger partial charge in [0, 0.05) is 35.0 Å². The number of pyridine rings is 2. The van der Waals surface area contributed by atoms with Crippen molar-refractivity contribution >= 4 is 23.9 Å². The van der Waals surface area contributed by atoms with Crippen molar-refractivity contribution in [1.29, 1.82) is 5.26 Å². The van der Waals surface area contributed by atoms with Gasteiger partial charge in [-0.25, -0.2) is 18.2 Å².